The second kappa shape index (κ2) is 6.58. The predicted molar refractivity (Wildman–Crippen MR) is 86.2 cm³/mol. The average Bonchev–Trinajstić information content (AvgIpc) is 3.10. The van der Waals surface area contributed by atoms with E-state index >= 15 is 0 Å². The first-order chi connectivity index (χ1) is 10.3. The van der Waals surface area contributed by atoms with Crippen LogP contribution in [-0.2, 0) is 19.0 Å². The number of pyridine rings is 1. The van der Waals surface area contributed by atoms with Gasteiger partial charge in [-0.25, -0.2) is 15.0 Å². The van der Waals surface area contributed by atoms with Gasteiger partial charge >= 0.3 is 0 Å². The summed E-state index contributed by atoms with van der Waals surface area (Å²) in [5.41, 5.74) is 1.78. The molecule has 0 radical (unpaired) electrons. The van der Waals surface area contributed by atoms with Gasteiger partial charge in [-0.1, -0.05) is 0 Å². The number of imidazole rings is 2. The fourth-order valence-corrected chi connectivity index (χ4v) is 2.88. The maximum Gasteiger partial charge on any atom is 0.160 e. The minimum atomic E-state index is 0.398. The maximum atomic E-state index is 6.00. The van der Waals surface area contributed by atoms with Crippen LogP contribution in [0.3, 0.4) is 0 Å². The van der Waals surface area contributed by atoms with Crippen molar-refractivity contribution in [3.63, 3.8) is 0 Å². The topological polar surface area (TPSA) is 48.5 Å². The highest BCUT2D eigenvalue weighted by Gasteiger charge is 2.11. The number of unbranched alkanes of at least 4 members (excludes halogenated alkanes) is 1. The Kier molecular flexibility index (Phi) is 4.55. The van der Waals surface area contributed by atoms with Crippen molar-refractivity contribution in [2.24, 2.45) is 0 Å². The molecule has 3 heterocycles. The first-order valence-corrected chi connectivity index (χ1v) is 8.13. The molecule has 5 nitrogen and oxygen atoms in total. The molecule has 7 heteroatoms. The summed E-state index contributed by atoms with van der Waals surface area (Å²) in [5, 5.41) is 0. The molecule has 0 fully saturated rings. The Morgan fingerprint density at radius 3 is 2.86 bits per heavy atom. The molecule has 0 N–H and O–H groups in total. The van der Waals surface area contributed by atoms with Crippen LogP contribution in [-0.4, -0.2) is 24.1 Å². The number of aromatic nitrogens is 5. The zero-order valence-electron chi connectivity index (χ0n) is 11.4. The van der Waals surface area contributed by atoms with Crippen molar-refractivity contribution in [3.8, 4) is 0 Å². The molecule has 0 aliphatic rings. The third-order valence-electron chi connectivity index (χ3n) is 3.36. The lowest BCUT2D eigenvalue weighted by atomic mass is 10.3. The second-order valence-corrected chi connectivity index (χ2v) is 6.00. The fraction of sp³-hybridized carbons (Fsp3) is 0.357. The highest BCUT2D eigenvalue weighted by atomic mass is 79.9. The van der Waals surface area contributed by atoms with Crippen LogP contribution in [0.25, 0.3) is 11.2 Å². The van der Waals surface area contributed by atoms with Crippen LogP contribution in [0.2, 0.25) is 0 Å². The third-order valence-corrected chi connectivity index (χ3v) is 4.03. The molecule has 0 atom stereocenters. The molecule has 0 amide bonds. The smallest absolute Gasteiger partial charge is 0.160 e. The standard InChI is InChI=1S/C14H15BrClN5/c15-11-7-12-14(18-9-11)21(13(8-16)19-12)5-2-1-4-20-6-3-17-10-20/h3,6-7,9-10H,1-2,4-5,8H2. The van der Waals surface area contributed by atoms with Crippen LogP contribution in [0.5, 0.6) is 0 Å². The summed E-state index contributed by atoms with van der Waals surface area (Å²) < 4.78 is 5.13. The van der Waals surface area contributed by atoms with E-state index in [1.165, 1.54) is 0 Å². The van der Waals surface area contributed by atoms with Crippen LogP contribution in [0.1, 0.15) is 18.7 Å². The molecule has 0 saturated carbocycles. The molecule has 3 rings (SSSR count). The van der Waals surface area contributed by atoms with E-state index in [0.717, 1.165) is 47.4 Å². The Labute approximate surface area is 136 Å². The number of fused-ring (bicyclic) bond motifs is 1. The molecular formula is C14H15BrClN5. The molecule has 110 valence electrons. The van der Waals surface area contributed by atoms with Gasteiger partial charge in [-0.15, -0.1) is 11.6 Å². The van der Waals surface area contributed by atoms with Gasteiger partial charge in [0.1, 0.15) is 11.3 Å². The highest BCUT2D eigenvalue weighted by Crippen LogP contribution is 2.20. The highest BCUT2D eigenvalue weighted by molar-refractivity contribution is 9.10. The maximum absolute atomic E-state index is 6.00. The van der Waals surface area contributed by atoms with Gasteiger partial charge in [-0.2, -0.15) is 0 Å². The first kappa shape index (κ1) is 14.5. The van der Waals surface area contributed by atoms with E-state index < -0.39 is 0 Å². The van der Waals surface area contributed by atoms with E-state index in [1.54, 1.807) is 12.4 Å². The zero-order chi connectivity index (χ0) is 14.7. The largest absolute Gasteiger partial charge is 0.337 e. The molecule has 0 spiro atoms. The third kappa shape index (κ3) is 3.27. The summed E-state index contributed by atoms with van der Waals surface area (Å²) in [6.45, 7) is 1.85. The van der Waals surface area contributed by atoms with Crippen molar-refractivity contribution in [1.29, 1.82) is 0 Å². The molecule has 0 aromatic carbocycles. The molecule has 0 aliphatic heterocycles. The summed E-state index contributed by atoms with van der Waals surface area (Å²) >= 11 is 9.42. The molecule has 0 aliphatic carbocycles. The van der Waals surface area contributed by atoms with Crippen LogP contribution in [0.4, 0.5) is 0 Å². The average molecular weight is 369 g/mol. The lowest BCUT2D eigenvalue weighted by molar-refractivity contribution is 0.550. The minimum absolute atomic E-state index is 0.398. The van der Waals surface area contributed by atoms with Gasteiger partial charge in [0.05, 0.1) is 12.2 Å². The molecular weight excluding hydrogens is 354 g/mol. The molecule has 3 aromatic heterocycles. The molecule has 0 bridgehead atoms. The van der Waals surface area contributed by atoms with Crippen molar-refractivity contribution in [2.75, 3.05) is 0 Å². The lowest BCUT2D eigenvalue weighted by Gasteiger charge is -2.07. The van der Waals surface area contributed by atoms with Crippen LogP contribution < -0.4 is 0 Å². The lowest BCUT2D eigenvalue weighted by Crippen LogP contribution is -2.05. The van der Waals surface area contributed by atoms with Crippen molar-refractivity contribution >= 4 is 38.7 Å². The minimum Gasteiger partial charge on any atom is -0.337 e. The van der Waals surface area contributed by atoms with Crippen molar-refractivity contribution in [3.05, 3.63) is 41.3 Å². The first-order valence-electron chi connectivity index (χ1n) is 6.80. The predicted octanol–water partition coefficient (Wildman–Crippen LogP) is 3.61. The van der Waals surface area contributed by atoms with Gasteiger partial charge < -0.3 is 9.13 Å². The number of hydrogen-bond acceptors (Lipinski definition) is 3. The Hall–Kier alpha value is -1.40. The van der Waals surface area contributed by atoms with E-state index in [-0.39, 0.29) is 0 Å². The van der Waals surface area contributed by atoms with Gasteiger partial charge in [0.25, 0.3) is 0 Å². The van der Waals surface area contributed by atoms with E-state index in [9.17, 15) is 0 Å². The van der Waals surface area contributed by atoms with Crippen LogP contribution in [0, 0.1) is 0 Å². The zero-order valence-corrected chi connectivity index (χ0v) is 13.8. The van der Waals surface area contributed by atoms with E-state index in [1.807, 2.05) is 18.6 Å². The number of alkyl halides is 1. The van der Waals surface area contributed by atoms with E-state index in [4.69, 9.17) is 11.6 Å². The summed E-state index contributed by atoms with van der Waals surface area (Å²) in [6, 6.07) is 1.97. The Morgan fingerprint density at radius 1 is 1.24 bits per heavy atom. The van der Waals surface area contributed by atoms with Crippen LogP contribution >= 0.6 is 27.5 Å². The van der Waals surface area contributed by atoms with E-state index in [0.29, 0.717) is 5.88 Å². The number of hydrogen-bond donors (Lipinski definition) is 0. The Balaban J connectivity index is 1.70. The van der Waals surface area contributed by atoms with Crippen molar-refractivity contribution < 1.29 is 0 Å². The van der Waals surface area contributed by atoms with Gasteiger partial charge in [0.15, 0.2) is 5.65 Å². The number of aryl methyl sites for hydroxylation is 2. The Morgan fingerprint density at radius 2 is 2.10 bits per heavy atom. The van der Waals surface area contributed by atoms with Gasteiger partial charge in [0.2, 0.25) is 0 Å². The number of halogens is 2. The van der Waals surface area contributed by atoms with Gasteiger partial charge in [-0.3, -0.25) is 0 Å². The monoisotopic (exact) mass is 367 g/mol. The van der Waals surface area contributed by atoms with E-state index in [2.05, 4.69) is 40.0 Å². The molecule has 3 aromatic rings. The number of nitrogens with zero attached hydrogens (tertiary/aromatic N) is 5. The molecule has 0 unspecified atom stereocenters. The molecule has 0 saturated heterocycles. The SMILES string of the molecule is ClCc1nc2cc(Br)cnc2n1CCCCn1ccnc1. The summed E-state index contributed by atoms with van der Waals surface area (Å²) in [6.07, 6.45) is 9.55. The fourth-order valence-electron chi connectivity index (χ4n) is 2.35. The number of rotatable bonds is 6. The van der Waals surface area contributed by atoms with Crippen molar-refractivity contribution in [1.82, 2.24) is 24.1 Å². The summed E-state index contributed by atoms with van der Waals surface area (Å²) in [7, 11) is 0. The second-order valence-electron chi connectivity index (χ2n) is 4.82. The summed E-state index contributed by atoms with van der Waals surface area (Å²) in [5.74, 6) is 1.27. The van der Waals surface area contributed by atoms with Gasteiger partial charge in [0, 0.05) is 36.2 Å². The Bertz CT molecular complexity index is 722. The summed E-state index contributed by atoms with van der Waals surface area (Å²) in [4.78, 5) is 13.0. The van der Waals surface area contributed by atoms with Crippen LogP contribution in [0.15, 0.2) is 35.5 Å². The quantitative estimate of drug-likeness (QED) is 0.493. The molecule has 21 heavy (non-hydrogen) atoms. The van der Waals surface area contributed by atoms with Gasteiger partial charge in [-0.05, 0) is 34.8 Å². The normalized spacial score (nSPS) is 11.3. The van der Waals surface area contributed by atoms with Crippen molar-refractivity contribution in [2.45, 2.75) is 31.8 Å².